The molecule has 0 unspecified atom stereocenters. The number of carbonyl (C=O) groups is 1. The van der Waals surface area contributed by atoms with E-state index in [0.29, 0.717) is 12.3 Å². The molecule has 1 aliphatic heterocycles. The lowest BCUT2D eigenvalue weighted by Crippen LogP contribution is -2.43. The highest BCUT2D eigenvalue weighted by molar-refractivity contribution is 5.98. The first-order valence-corrected chi connectivity index (χ1v) is 13.7. The van der Waals surface area contributed by atoms with Gasteiger partial charge in [-0.2, -0.15) is 0 Å². The van der Waals surface area contributed by atoms with Crippen LogP contribution in [-0.2, 0) is 4.74 Å². The molecule has 1 aromatic carbocycles. The van der Waals surface area contributed by atoms with Crippen molar-refractivity contribution < 1.29 is 18.7 Å². The predicted molar refractivity (Wildman–Crippen MR) is 152 cm³/mol. The van der Waals surface area contributed by atoms with Crippen molar-refractivity contribution in [2.45, 2.75) is 37.8 Å². The van der Waals surface area contributed by atoms with Gasteiger partial charge in [-0.3, -0.25) is 14.7 Å². The minimum absolute atomic E-state index is 0.0307. The third-order valence-electron chi connectivity index (χ3n) is 7.35. The van der Waals surface area contributed by atoms with E-state index >= 15 is 0 Å². The molecule has 2 aromatic heterocycles. The van der Waals surface area contributed by atoms with Crippen molar-refractivity contribution in [3.8, 4) is 16.9 Å². The van der Waals surface area contributed by atoms with Crippen LogP contribution in [0.2, 0.25) is 0 Å². The number of nitrogens with one attached hydrogen (secondary N) is 2. The maximum Gasteiger partial charge on any atom is 0.252 e. The highest BCUT2D eigenvalue weighted by Gasteiger charge is 2.24. The molecule has 1 saturated heterocycles. The Morgan fingerprint density at radius 1 is 1.07 bits per heavy atom. The number of anilines is 3. The van der Waals surface area contributed by atoms with E-state index in [1.807, 2.05) is 30.3 Å². The monoisotopic (exact) mass is 549 g/mol. The van der Waals surface area contributed by atoms with Gasteiger partial charge in [0.25, 0.3) is 5.91 Å². The second-order valence-electron chi connectivity index (χ2n) is 10.2. The Hall–Kier alpha value is -3.80. The molecule has 3 aromatic rings. The molecule has 6 N–H and O–H groups in total. The van der Waals surface area contributed by atoms with Gasteiger partial charge in [0.05, 0.1) is 30.7 Å². The lowest BCUT2D eigenvalue weighted by atomic mass is 9.91. The summed E-state index contributed by atoms with van der Waals surface area (Å²) in [5, 5.41) is 6.23. The topological polar surface area (TPSA) is 141 Å². The van der Waals surface area contributed by atoms with Crippen LogP contribution >= 0.6 is 0 Å². The summed E-state index contributed by atoms with van der Waals surface area (Å²) >= 11 is 0. The number of rotatable bonds is 10. The molecule has 3 heterocycles. The standard InChI is InChI=1S/C29H36FN7O3/c30-24-16-23(27(32)38)28(36-29(24)35-26-4-2-1-3-25(26)31)34-21-15-20(17-33-18-21)19-5-7-22(8-6-19)40-14-11-37-9-12-39-13-10-37/h5-8,15-18,25-26H,1-4,9-14,31H2,(H2,32,38)(H2,34,35,36)/t25-,26+/m0/s1. The van der Waals surface area contributed by atoms with Crippen LogP contribution in [0.3, 0.4) is 0 Å². The van der Waals surface area contributed by atoms with Crippen molar-refractivity contribution in [1.29, 1.82) is 0 Å². The summed E-state index contributed by atoms with van der Waals surface area (Å²) < 4.78 is 26.2. The largest absolute Gasteiger partial charge is 0.492 e. The fourth-order valence-electron chi connectivity index (χ4n) is 5.05. The quantitative estimate of drug-likeness (QED) is 0.299. The molecule has 212 valence electrons. The second kappa shape index (κ2) is 13.0. The number of benzene rings is 1. The third-order valence-corrected chi connectivity index (χ3v) is 7.35. The number of ether oxygens (including phenoxy) is 2. The molecule has 0 bridgehead atoms. The Labute approximate surface area is 233 Å². The van der Waals surface area contributed by atoms with Crippen LogP contribution in [0, 0.1) is 5.82 Å². The van der Waals surface area contributed by atoms with E-state index in [0.717, 1.165) is 81.5 Å². The fourth-order valence-corrected chi connectivity index (χ4v) is 5.05. The molecule has 2 aliphatic rings. The minimum Gasteiger partial charge on any atom is -0.492 e. The summed E-state index contributed by atoms with van der Waals surface area (Å²) in [4.78, 5) is 23.2. The van der Waals surface area contributed by atoms with Gasteiger partial charge in [-0.1, -0.05) is 25.0 Å². The average molecular weight is 550 g/mol. The third kappa shape index (κ3) is 7.04. The molecule has 5 rings (SSSR count). The van der Waals surface area contributed by atoms with E-state index in [4.69, 9.17) is 20.9 Å². The zero-order chi connectivity index (χ0) is 27.9. The van der Waals surface area contributed by atoms with E-state index in [9.17, 15) is 9.18 Å². The van der Waals surface area contributed by atoms with Crippen molar-refractivity contribution in [1.82, 2.24) is 14.9 Å². The molecule has 1 saturated carbocycles. The summed E-state index contributed by atoms with van der Waals surface area (Å²) in [6.07, 6.45) is 7.10. The lowest BCUT2D eigenvalue weighted by Gasteiger charge is -2.30. The molecule has 11 heteroatoms. The predicted octanol–water partition coefficient (Wildman–Crippen LogP) is 3.52. The van der Waals surface area contributed by atoms with Crippen molar-refractivity contribution in [2.75, 3.05) is 50.1 Å². The van der Waals surface area contributed by atoms with Crippen LogP contribution in [-0.4, -0.2) is 72.3 Å². The highest BCUT2D eigenvalue weighted by atomic mass is 19.1. The maximum absolute atomic E-state index is 14.9. The number of primary amides is 1. The number of nitrogens with two attached hydrogens (primary N) is 2. The number of nitrogens with zero attached hydrogens (tertiary/aromatic N) is 3. The highest BCUT2D eigenvalue weighted by Crippen LogP contribution is 2.29. The molecule has 1 amide bonds. The zero-order valence-electron chi connectivity index (χ0n) is 22.4. The van der Waals surface area contributed by atoms with Crippen LogP contribution in [0.25, 0.3) is 11.1 Å². The number of halogens is 1. The van der Waals surface area contributed by atoms with E-state index in [1.54, 1.807) is 12.4 Å². The van der Waals surface area contributed by atoms with E-state index in [-0.39, 0.29) is 29.3 Å². The summed E-state index contributed by atoms with van der Waals surface area (Å²) in [6, 6.07) is 10.6. The number of hydrogen-bond donors (Lipinski definition) is 4. The summed E-state index contributed by atoms with van der Waals surface area (Å²) in [6.45, 7) is 4.87. The number of amides is 1. The smallest absolute Gasteiger partial charge is 0.252 e. The van der Waals surface area contributed by atoms with Crippen molar-refractivity contribution >= 4 is 23.2 Å². The second-order valence-corrected chi connectivity index (χ2v) is 10.2. The first-order chi connectivity index (χ1) is 19.5. The number of morpholine rings is 1. The van der Waals surface area contributed by atoms with Gasteiger partial charge >= 0.3 is 0 Å². The Kier molecular flexibility index (Phi) is 9.04. The normalized spacial score (nSPS) is 19.6. The molecule has 1 aliphatic carbocycles. The number of carbonyl (C=O) groups excluding carboxylic acids is 1. The molecule has 40 heavy (non-hydrogen) atoms. The molecular formula is C29H36FN7O3. The Bertz CT molecular complexity index is 1300. The Morgan fingerprint density at radius 2 is 1.85 bits per heavy atom. The maximum atomic E-state index is 14.9. The minimum atomic E-state index is -0.789. The molecule has 0 radical (unpaired) electrons. The Morgan fingerprint density at radius 3 is 2.60 bits per heavy atom. The summed E-state index contributed by atoms with van der Waals surface area (Å²) in [5.74, 6) is -0.482. The van der Waals surface area contributed by atoms with Crippen LogP contribution in [0.5, 0.6) is 5.75 Å². The van der Waals surface area contributed by atoms with Crippen LogP contribution < -0.4 is 26.8 Å². The SMILES string of the molecule is NC(=O)c1cc(F)c(N[C@@H]2CCCC[C@@H]2N)nc1Nc1cncc(-c2ccc(OCCN3CCOCC3)cc2)c1. The molecule has 0 spiro atoms. The number of hydrogen-bond acceptors (Lipinski definition) is 9. The number of pyridine rings is 2. The van der Waals surface area contributed by atoms with Crippen LogP contribution in [0.15, 0.2) is 48.8 Å². The average Bonchev–Trinajstić information content (AvgIpc) is 2.97. The Balaban J connectivity index is 1.28. The summed E-state index contributed by atoms with van der Waals surface area (Å²) in [5.41, 5.74) is 14.1. The van der Waals surface area contributed by atoms with Crippen molar-refractivity contribution in [2.24, 2.45) is 11.5 Å². The van der Waals surface area contributed by atoms with Gasteiger partial charge in [-0.25, -0.2) is 9.37 Å². The molecular weight excluding hydrogens is 513 g/mol. The molecule has 10 nitrogen and oxygen atoms in total. The molecule has 2 atom stereocenters. The zero-order valence-corrected chi connectivity index (χ0v) is 22.4. The van der Waals surface area contributed by atoms with Crippen LogP contribution in [0.4, 0.5) is 21.7 Å². The van der Waals surface area contributed by atoms with E-state index in [2.05, 4.69) is 25.5 Å². The van der Waals surface area contributed by atoms with E-state index in [1.165, 1.54) is 0 Å². The summed E-state index contributed by atoms with van der Waals surface area (Å²) in [7, 11) is 0. The first-order valence-electron chi connectivity index (χ1n) is 13.7. The number of aromatic nitrogens is 2. The van der Waals surface area contributed by atoms with Gasteiger partial charge in [0.1, 0.15) is 18.2 Å². The van der Waals surface area contributed by atoms with Gasteiger partial charge in [-0.05, 0) is 42.7 Å². The molecule has 2 fully saturated rings. The van der Waals surface area contributed by atoms with Crippen molar-refractivity contribution in [3.63, 3.8) is 0 Å². The van der Waals surface area contributed by atoms with Gasteiger partial charge in [0, 0.05) is 43.5 Å². The van der Waals surface area contributed by atoms with Gasteiger partial charge in [0.15, 0.2) is 11.6 Å². The van der Waals surface area contributed by atoms with Gasteiger partial charge < -0.3 is 31.6 Å². The first kappa shape index (κ1) is 27.8. The van der Waals surface area contributed by atoms with Crippen LogP contribution in [0.1, 0.15) is 36.0 Å². The lowest BCUT2D eigenvalue weighted by molar-refractivity contribution is 0.0322. The fraction of sp³-hybridized carbons (Fsp3) is 0.414. The van der Waals surface area contributed by atoms with Gasteiger partial charge in [-0.15, -0.1) is 0 Å². The van der Waals surface area contributed by atoms with Crippen molar-refractivity contribution in [3.05, 3.63) is 60.2 Å². The van der Waals surface area contributed by atoms with Gasteiger partial charge in [0.2, 0.25) is 0 Å². The van der Waals surface area contributed by atoms with E-state index < -0.39 is 11.7 Å².